The quantitative estimate of drug-likeness (QED) is 0.542. The highest BCUT2D eigenvalue weighted by Crippen LogP contribution is 2.33. The van der Waals surface area contributed by atoms with Crippen LogP contribution in [0.1, 0.15) is 32.6 Å². The van der Waals surface area contributed by atoms with Crippen LogP contribution in [0.25, 0.3) is 0 Å². The molecular formula is C8H14NO. The van der Waals surface area contributed by atoms with Crippen molar-refractivity contribution in [3.63, 3.8) is 0 Å². The SMILES string of the molecule is CC(=O)[N]CCCC1CC1. The highest BCUT2D eigenvalue weighted by molar-refractivity contribution is 5.72. The molecule has 1 amide bonds. The average Bonchev–Trinajstić information content (AvgIpc) is 2.62. The standard InChI is InChI=1S/C8H14NO/c1-7(10)9-6-2-3-8-4-5-8/h8H,2-6H2,1H3. The van der Waals surface area contributed by atoms with E-state index in [9.17, 15) is 4.79 Å². The third-order valence-electron chi connectivity index (χ3n) is 1.80. The van der Waals surface area contributed by atoms with Gasteiger partial charge >= 0.3 is 0 Å². The Balaban J connectivity index is 1.80. The topological polar surface area (TPSA) is 31.2 Å². The summed E-state index contributed by atoms with van der Waals surface area (Å²) in [4.78, 5) is 10.3. The summed E-state index contributed by atoms with van der Waals surface area (Å²) in [6.07, 6.45) is 5.18. The number of hydrogen-bond donors (Lipinski definition) is 0. The number of carbonyl (C=O) groups is 1. The van der Waals surface area contributed by atoms with Crippen LogP contribution in [0.2, 0.25) is 0 Å². The van der Waals surface area contributed by atoms with Crippen molar-refractivity contribution in [3.05, 3.63) is 0 Å². The molecule has 1 aliphatic rings. The molecule has 0 spiro atoms. The van der Waals surface area contributed by atoms with Gasteiger partial charge in [-0.05, 0) is 18.8 Å². The Morgan fingerprint density at radius 2 is 2.30 bits per heavy atom. The molecule has 1 saturated carbocycles. The lowest BCUT2D eigenvalue weighted by Gasteiger charge is -1.96. The molecule has 1 rings (SSSR count). The van der Waals surface area contributed by atoms with Gasteiger partial charge in [0.05, 0.1) is 0 Å². The van der Waals surface area contributed by atoms with Crippen LogP contribution in [0.4, 0.5) is 0 Å². The van der Waals surface area contributed by atoms with Gasteiger partial charge in [-0.3, -0.25) is 10.1 Å². The molecule has 10 heavy (non-hydrogen) atoms. The van der Waals surface area contributed by atoms with Crippen LogP contribution >= 0.6 is 0 Å². The Kier molecular flexibility index (Phi) is 2.72. The average molecular weight is 140 g/mol. The summed E-state index contributed by atoms with van der Waals surface area (Å²) in [5.41, 5.74) is 0. The Morgan fingerprint density at radius 3 is 2.80 bits per heavy atom. The van der Waals surface area contributed by atoms with E-state index < -0.39 is 0 Å². The summed E-state index contributed by atoms with van der Waals surface area (Å²) >= 11 is 0. The fourth-order valence-corrected chi connectivity index (χ4v) is 1.02. The lowest BCUT2D eigenvalue weighted by atomic mass is 10.2. The molecule has 1 aliphatic carbocycles. The van der Waals surface area contributed by atoms with Crippen molar-refractivity contribution >= 4 is 5.91 Å². The second-order valence-corrected chi connectivity index (χ2v) is 2.99. The minimum atomic E-state index is -0.0317. The van der Waals surface area contributed by atoms with E-state index >= 15 is 0 Å². The molecule has 0 aromatic heterocycles. The fraction of sp³-hybridized carbons (Fsp3) is 0.875. The van der Waals surface area contributed by atoms with Gasteiger partial charge in [0.25, 0.3) is 0 Å². The zero-order valence-corrected chi connectivity index (χ0v) is 6.47. The van der Waals surface area contributed by atoms with Crippen LogP contribution in [0.5, 0.6) is 0 Å². The first-order valence-electron chi connectivity index (χ1n) is 3.97. The van der Waals surface area contributed by atoms with Crippen molar-refractivity contribution in [2.75, 3.05) is 6.54 Å². The molecule has 0 aromatic carbocycles. The van der Waals surface area contributed by atoms with E-state index in [0.717, 1.165) is 18.9 Å². The minimum Gasteiger partial charge on any atom is -0.273 e. The Hall–Kier alpha value is -0.530. The van der Waals surface area contributed by atoms with Crippen LogP contribution in [-0.4, -0.2) is 12.5 Å². The molecule has 0 aliphatic heterocycles. The lowest BCUT2D eigenvalue weighted by molar-refractivity contribution is -0.119. The van der Waals surface area contributed by atoms with Crippen molar-refractivity contribution in [2.45, 2.75) is 32.6 Å². The zero-order chi connectivity index (χ0) is 7.40. The summed E-state index contributed by atoms with van der Waals surface area (Å²) in [7, 11) is 0. The van der Waals surface area contributed by atoms with Crippen molar-refractivity contribution in [1.82, 2.24) is 5.32 Å². The van der Waals surface area contributed by atoms with Gasteiger partial charge in [-0.1, -0.05) is 12.8 Å². The summed E-state index contributed by atoms with van der Waals surface area (Å²) in [6, 6.07) is 0. The van der Waals surface area contributed by atoms with Gasteiger partial charge in [0.15, 0.2) is 0 Å². The predicted molar refractivity (Wildman–Crippen MR) is 39.6 cm³/mol. The highest BCUT2D eigenvalue weighted by Gasteiger charge is 2.19. The maximum atomic E-state index is 10.3. The summed E-state index contributed by atoms with van der Waals surface area (Å²) in [5, 5.41) is 3.79. The van der Waals surface area contributed by atoms with E-state index in [1.54, 1.807) is 0 Å². The molecule has 0 atom stereocenters. The molecule has 0 bridgehead atoms. The molecule has 1 radical (unpaired) electrons. The zero-order valence-electron chi connectivity index (χ0n) is 6.47. The van der Waals surface area contributed by atoms with Crippen LogP contribution < -0.4 is 5.32 Å². The number of hydrogen-bond acceptors (Lipinski definition) is 1. The molecule has 57 valence electrons. The minimum absolute atomic E-state index is 0.0317. The highest BCUT2D eigenvalue weighted by atomic mass is 16.1. The normalized spacial score (nSPS) is 16.9. The van der Waals surface area contributed by atoms with E-state index in [1.165, 1.54) is 26.2 Å². The van der Waals surface area contributed by atoms with Gasteiger partial charge in [0.2, 0.25) is 5.91 Å². The molecule has 1 fully saturated rings. The Bertz CT molecular complexity index is 118. The second-order valence-electron chi connectivity index (χ2n) is 2.99. The van der Waals surface area contributed by atoms with Crippen molar-refractivity contribution in [1.29, 1.82) is 0 Å². The van der Waals surface area contributed by atoms with E-state index in [0.29, 0.717) is 0 Å². The van der Waals surface area contributed by atoms with Gasteiger partial charge in [-0.2, -0.15) is 0 Å². The van der Waals surface area contributed by atoms with E-state index in [-0.39, 0.29) is 5.91 Å². The van der Waals surface area contributed by atoms with Gasteiger partial charge in [-0.25, -0.2) is 0 Å². The summed E-state index contributed by atoms with van der Waals surface area (Å²) in [5.74, 6) is 0.943. The first-order valence-corrected chi connectivity index (χ1v) is 3.97. The molecule has 0 N–H and O–H groups in total. The van der Waals surface area contributed by atoms with Crippen LogP contribution in [0.3, 0.4) is 0 Å². The van der Waals surface area contributed by atoms with Crippen LogP contribution in [0, 0.1) is 5.92 Å². The first kappa shape index (κ1) is 7.58. The number of amides is 1. The number of rotatable bonds is 4. The molecule has 2 heteroatoms. The first-order chi connectivity index (χ1) is 4.79. The van der Waals surface area contributed by atoms with Crippen LogP contribution in [-0.2, 0) is 4.79 Å². The molecule has 0 saturated heterocycles. The molecule has 0 heterocycles. The monoisotopic (exact) mass is 140 g/mol. The van der Waals surface area contributed by atoms with Gasteiger partial charge in [0.1, 0.15) is 0 Å². The second kappa shape index (κ2) is 3.59. The van der Waals surface area contributed by atoms with Gasteiger partial charge in [0, 0.05) is 13.5 Å². The molecule has 0 aromatic rings. The summed E-state index contributed by atoms with van der Waals surface area (Å²) < 4.78 is 0. The molecular weight excluding hydrogens is 126 g/mol. The van der Waals surface area contributed by atoms with Gasteiger partial charge < -0.3 is 0 Å². The number of carbonyl (C=O) groups excluding carboxylic acids is 1. The number of nitrogens with zero attached hydrogens (tertiary/aromatic N) is 1. The Morgan fingerprint density at radius 1 is 1.60 bits per heavy atom. The maximum Gasteiger partial charge on any atom is 0.238 e. The largest absolute Gasteiger partial charge is 0.273 e. The third-order valence-corrected chi connectivity index (χ3v) is 1.80. The van der Waals surface area contributed by atoms with Gasteiger partial charge in [-0.15, -0.1) is 0 Å². The van der Waals surface area contributed by atoms with Crippen molar-refractivity contribution < 1.29 is 4.79 Å². The summed E-state index contributed by atoms with van der Waals surface area (Å²) in [6.45, 7) is 2.25. The molecule has 0 unspecified atom stereocenters. The van der Waals surface area contributed by atoms with E-state index in [1.807, 2.05) is 0 Å². The fourth-order valence-electron chi connectivity index (χ4n) is 1.02. The van der Waals surface area contributed by atoms with Crippen molar-refractivity contribution in [2.24, 2.45) is 5.92 Å². The van der Waals surface area contributed by atoms with E-state index in [2.05, 4.69) is 5.32 Å². The lowest BCUT2D eigenvalue weighted by Crippen LogP contribution is -2.12. The maximum absolute atomic E-state index is 10.3. The predicted octanol–water partition coefficient (Wildman–Crippen LogP) is 1.33. The Labute approximate surface area is 62.0 Å². The smallest absolute Gasteiger partial charge is 0.238 e. The molecule has 2 nitrogen and oxygen atoms in total. The van der Waals surface area contributed by atoms with Crippen molar-refractivity contribution in [3.8, 4) is 0 Å². The van der Waals surface area contributed by atoms with E-state index in [4.69, 9.17) is 0 Å². The van der Waals surface area contributed by atoms with Crippen LogP contribution in [0.15, 0.2) is 0 Å². The third kappa shape index (κ3) is 3.49.